The number of nitrogen functional groups attached to an aromatic ring is 2. The van der Waals surface area contributed by atoms with Crippen LogP contribution in [0.3, 0.4) is 0 Å². The second-order valence-corrected chi connectivity index (χ2v) is 10.8. The van der Waals surface area contributed by atoms with Crippen LogP contribution in [0.4, 0.5) is 117 Å². The van der Waals surface area contributed by atoms with Crippen molar-refractivity contribution in [3.63, 3.8) is 0 Å². The number of nitrogens with two attached hydrogens (primary N) is 2. The van der Waals surface area contributed by atoms with Crippen LogP contribution >= 0.6 is 0 Å². The number of alkyl halides is 24. The van der Waals surface area contributed by atoms with Crippen molar-refractivity contribution >= 4 is 11.4 Å². The maximum Gasteiger partial charge on any atom is 0.430 e. The molecule has 0 aliphatic rings. The largest absolute Gasteiger partial charge is 0.457 e. The lowest BCUT2D eigenvalue weighted by atomic mass is 9.82. The summed E-state index contributed by atoms with van der Waals surface area (Å²) in [6.07, 6.45) is -59.1. The molecule has 0 spiro atoms. The highest BCUT2D eigenvalue weighted by Gasteiger charge is 2.77. The molecular formula is C24H12F24N2O5. The second-order valence-electron chi connectivity index (χ2n) is 10.8. The first-order chi connectivity index (χ1) is 23.7. The standard InChI is InChI=1S/C24H12F24N2O5/c25-17(26,27)13(51,18(28,29)30)7-1-5(2-8(11(7)49)14(52,19(31,32)33)20(34,35)36)55-6-3-9(15(53,21(37,38)39)22(40,41)42)12(50)10(4-6)16(54,23(43,44)45)24(46,47)48/h1-4,51-54H,49-50H2. The number of hydrogen-bond donors (Lipinski definition) is 6. The van der Waals surface area contributed by atoms with E-state index in [9.17, 15) is 126 Å². The molecule has 0 fully saturated rings. The van der Waals surface area contributed by atoms with Gasteiger partial charge in [0.2, 0.25) is 0 Å². The molecule has 7 nitrogen and oxygen atoms in total. The molecule has 8 N–H and O–H groups in total. The number of anilines is 2. The summed E-state index contributed by atoms with van der Waals surface area (Å²) < 4.78 is 333. The van der Waals surface area contributed by atoms with Crippen LogP contribution in [0.1, 0.15) is 22.3 Å². The fourth-order valence-electron chi connectivity index (χ4n) is 4.57. The molecule has 0 aliphatic heterocycles. The first-order valence-electron chi connectivity index (χ1n) is 12.7. The Morgan fingerprint density at radius 1 is 0.309 bits per heavy atom. The van der Waals surface area contributed by atoms with Crippen molar-refractivity contribution in [3.05, 3.63) is 46.5 Å². The van der Waals surface area contributed by atoms with Crippen LogP contribution in [-0.2, 0) is 22.4 Å². The Morgan fingerprint density at radius 2 is 0.436 bits per heavy atom. The van der Waals surface area contributed by atoms with Crippen molar-refractivity contribution in [2.24, 2.45) is 0 Å². The Bertz CT molecular complexity index is 1460. The molecule has 0 aromatic heterocycles. The van der Waals surface area contributed by atoms with Crippen LogP contribution in [0.2, 0.25) is 0 Å². The third kappa shape index (κ3) is 7.03. The minimum absolute atomic E-state index is 1.28. The van der Waals surface area contributed by atoms with E-state index in [1.54, 1.807) is 0 Å². The van der Waals surface area contributed by atoms with E-state index in [1.165, 1.54) is 0 Å². The molecule has 2 rings (SSSR count). The highest BCUT2D eigenvalue weighted by atomic mass is 19.4. The molecule has 0 atom stereocenters. The Kier molecular flexibility index (Phi) is 10.9. The molecular weight excluding hydrogens is 852 g/mol. The summed E-state index contributed by atoms with van der Waals surface area (Å²) in [5.74, 6) is -5.57. The second kappa shape index (κ2) is 12.8. The fourth-order valence-corrected chi connectivity index (χ4v) is 4.57. The molecule has 0 heterocycles. The summed E-state index contributed by atoms with van der Waals surface area (Å²) in [7, 11) is 0. The zero-order valence-electron chi connectivity index (χ0n) is 24.7. The van der Waals surface area contributed by atoms with E-state index < -0.39 is 141 Å². The van der Waals surface area contributed by atoms with Crippen molar-refractivity contribution < 1.29 is 131 Å². The van der Waals surface area contributed by atoms with Crippen LogP contribution in [0.5, 0.6) is 11.5 Å². The van der Waals surface area contributed by atoms with Gasteiger partial charge in [0, 0.05) is 33.6 Å². The third-order valence-corrected chi connectivity index (χ3v) is 7.38. The van der Waals surface area contributed by atoms with Gasteiger partial charge in [0.25, 0.3) is 22.4 Å². The minimum Gasteiger partial charge on any atom is -0.457 e. The maximum atomic E-state index is 13.7. The average molecular weight is 864 g/mol. The topological polar surface area (TPSA) is 142 Å². The number of rotatable bonds is 6. The van der Waals surface area contributed by atoms with E-state index in [0.29, 0.717) is 0 Å². The van der Waals surface area contributed by atoms with Crippen molar-refractivity contribution in [1.82, 2.24) is 0 Å². The monoisotopic (exact) mass is 864 g/mol. The van der Waals surface area contributed by atoms with E-state index in [4.69, 9.17) is 11.5 Å². The Labute approximate surface area is 284 Å². The predicted octanol–water partition coefficient (Wildman–Crippen LogP) is 7.89. The summed E-state index contributed by atoms with van der Waals surface area (Å²) >= 11 is 0. The van der Waals surface area contributed by atoms with E-state index >= 15 is 0 Å². The normalized spacial score (nSPS) is 15.4. The molecule has 0 saturated heterocycles. The maximum absolute atomic E-state index is 13.7. The van der Waals surface area contributed by atoms with Gasteiger partial charge in [0.05, 0.1) is 0 Å². The average Bonchev–Trinajstić information content (AvgIpc) is 2.92. The third-order valence-electron chi connectivity index (χ3n) is 7.38. The van der Waals surface area contributed by atoms with Crippen LogP contribution in [-0.4, -0.2) is 69.8 Å². The van der Waals surface area contributed by atoms with Gasteiger partial charge in [0.1, 0.15) is 11.5 Å². The summed E-state index contributed by atoms with van der Waals surface area (Å²) in [6.45, 7) is 0. The van der Waals surface area contributed by atoms with E-state index in [-0.39, 0.29) is 0 Å². The SMILES string of the molecule is Nc1c(C(O)(C(F)(F)F)C(F)(F)F)cc(Oc2cc(C(O)(C(F)(F)F)C(F)(F)F)c(N)c(C(O)(C(F)(F)F)C(F)(F)F)c2)cc1C(O)(C(F)(F)F)C(F)(F)F. The summed E-state index contributed by atoms with van der Waals surface area (Å²) in [4.78, 5) is 0. The van der Waals surface area contributed by atoms with Crippen LogP contribution in [0.25, 0.3) is 0 Å². The zero-order valence-corrected chi connectivity index (χ0v) is 24.7. The molecule has 31 heteroatoms. The van der Waals surface area contributed by atoms with Crippen molar-refractivity contribution in [2.75, 3.05) is 11.5 Å². The van der Waals surface area contributed by atoms with E-state index in [2.05, 4.69) is 4.74 Å². The van der Waals surface area contributed by atoms with Gasteiger partial charge in [-0.3, -0.25) is 0 Å². The number of aliphatic hydroxyl groups is 4. The van der Waals surface area contributed by atoms with E-state index in [0.717, 1.165) is 0 Å². The van der Waals surface area contributed by atoms with Gasteiger partial charge in [-0.1, -0.05) is 0 Å². The van der Waals surface area contributed by atoms with Crippen LogP contribution in [0.15, 0.2) is 24.3 Å². The van der Waals surface area contributed by atoms with Gasteiger partial charge in [-0.15, -0.1) is 0 Å². The molecule has 2 aromatic carbocycles. The Morgan fingerprint density at radius 3 is 0.545 bits per heavy atom. The van der Waals surface area contributed by atoms with Crippen molar-refractivity contribution in [3.8, 4) is 11.5 Å². The Hall–Kier alpha value is -4.00. The highest BCUT2D eigenvalue weighted by molar-refractivity contribution is 5.66. The molecule has 0 saturated carbocycles. The van der Waals surface area contributed by atoms with Crippen molar-refractivity contribution in [2.45, 2.75) is 71.8 Å². The molecule has 316 valence electrons. The quantitative estimate of drug-likeness (QED) is 0.128. The van der Waals surface area contributed by atoms with Gasteiger partial charge < -0.3 is 36.6 Å². The smallest absolute Gasteiger partial charge is 0.430 e. The van der Waals surface area contributed by atoms with E-state index in [1.807, 2.05) is 0 Å². The minimum atomic E-state index is -7.39. The first kappa shape index (κ1) is 47.2. The summed E-state index contributed by atoms with van der Waals surface area (Å²) in [5.41, 5.74) is -38.3. The lowest BCUT2D eigenvalue weighted by Crippen LogP contribution is -2.56. The lowest BCUT2D eigenvalue weighted by molar-refractivity contribution is -0.378. The lowest BCUT2D eigenvalue weighted by Gasteiger charge is -2.38. The summed E-state index contributed by atoms with van der Waals surface area (Å²) in [6, 6.07) is -5.10. The highest BCUT2D eigenvalue weighted by Crippen LogP contribution is 2.60. The summed E-state index contributed by atoms with van der Waals surface area (Å²) in [5, 5.41) is 38.8. The number of benzene rings is 2. The van der Waals surface area contributed by atoms with Crippen LogP contribution < -0.4 is 16.2 Å². The number of ether oxygens (including phenoxy) is 1. The van der Waals surface area contributed by atoms with Gasteiger partial charge >= 0.3 is 49.4 Å². The van der Waals surface area contributed by atoms with Crippen LogP contribution in [0, 0.1) is 0 Å². The first-order valence-corrected chi connectivity index (χ1v) is 12.7. The molecule has 0 aliphatic carbocycles. The Balaban J connectivity index is 3.47. The molecule has 0 unspecified atom stereocenters. The van der Waals surface area contributed by atoms with Gasteiger partial charge in [0.15, 0.2) is 0 Å². The molecule has 55 heavy (non-hydrogen) atoms. The fraction of sp³-hybridized carbons (Fsp3) is 0.500. The molecule has 0 bridgehead atoms. The zero-order chi connectivity index (χ0) is 44.2. The van der Waals surface area contributed by atoms with Gasteiger partial charge in [-0.05, 0) is 24.3 Å². The molecule has 0 amide bonds. The van der Waals surface area contributed by atoms with Gasteiger partial charge in [-0.25, -0.2) is 0 Å². The molecule has 2 aromatic rings. The molecule has 0 radical (unpaired) electrons. The predicted molar refractivity (Wildman–Crippen MR) is 126 cm³/mol. The number of halogens is 24. The van der Waals surface area contributed by atoms with Gasteiger partial charge in [-0.2, -0.15) is 105 Å². The number of hydrogen-bond acceptors (Lipinski definition) is 7. The van der Waals surface area contributed by atoms with Crippen molar-refractivity contribution in [1.29, 1.82) is 0 Å².